The zero-order chi connectivity index (χ0) is 17.5. The smallest absolute Gasteiger partial charge is 0.370 e. The Morgan fingerprint density at radius 2 is 1.83 bits per heavy atom. The van der Waals surface area contributed by atoms with Crippen LogP contribution in [0.3, 0.4) is 0 Å². The SMILES string of the molecule is O=C(Cl)C1CC(=O)N(c2cc(C(F)(F)F)ccc2N2CCCC2)C1. The first-order valence-electron chi connectivity index (χ1n) is 7.73. The molecule has 0 radical (unpaired) electrons. The van der Waals surface area contributed by atoms with E-state index in [4.69, 9.17) is 11.6 Å². The third-order valence-electron chi connectivity index (χ3n) is 4.49. The maximum absolute atomic E-state index is 13.1. The fraction of sp³-hybridized carbons (Fsp3) is 0.500. The summed E-state index contributed by atoms with van der Waals surface area (Å²) in [4.78, 5) is 26.8. The molecular formula is C16H16ClF3N2O2. The molecular weight excluding hydrogens is 345 g/mol. The van der Waals surface area contributed by atoms with Gasteiger partial charge in [-0.25, -0.2) is 0 Å². The molecule has 1 amide bonds. The lowest BCUT2D eigenvalue weighted by Crippen LogP contribution is -2.29. The van der Waals surface area contributed by atoms with Gasteiger partial charge in [0.15, 0.2) is 0 Å². The molecule has 1 atom stereocenters. The maximum atomic E-state index is 13.1. The fourth-order valence-corrected chi connectivity index (χ4v) is 3.38. The fourth-order valence-electron chi connectivity index (χ4n) is 3.23. The molecule has 0 bridgehead atoms. The molecule has 2 aliphatic heterocycles. The van der Waals surface area contributed by atoms with Gasteiger partial charge < -0.3 is 9.80 Å². The lowest BCUT2D eigenvalue weighted by Gasteiger charge is -2.27. The van der Waals surface area contributed by atoms with Gasteiger partial charge in [0.1, 0.15) is 0 Å². The van der Waals surface area contributed by atoms with Crippen molar-refractivity contribution in [1.29, 1.82) is 0 Å². The second-order valence-corrected chi connectivity index (χ2v) is 6.48. The van der Waals surface area contributed by atoms with Crippen molar-refractivity contribution in [3.05, 3.63) is 23.8 Å². The molecule has 24 heavy (non-hydrogen) atoms. The molecule has 2 fully saturated rings. The summed E-state index contributed by atoms with van der Waals surface area (Å²) in [7, 11) is 0. The van der Waals surface area contributed by atoms with Crippen molar-refractivity contribution in [2.24, 2.45) is 5.92 Å². The molecule has 1 unspecified atom stereocenters. The molecule has 8 heteroatoms. The minimum atomic E-state index is -4.50. The molecule has 0 N–H and O–H groups in total. The van der Waals surface area contributed by atoms with Gasteiger partial charge in [0.05, 0.1) is 22.9 Å². The van der Waals surface area contributed by atoms with Crippen molar-refractivity contribution in [3.63, 3.8) is 0 Å². The normalized spacial score (nSPS) is 21.7. The lowest BCUT2D eigenvalue weighted by atomic mass is 10.1. The predicted molar refractivity (Wildman–Crippen MR) is 84.2 cm³/mol. The second kappa shape index (κ2) is 6.27. The number of carbonyl (C=O) groups excluding carboxylic acids is 2. The number of carbonyl (C=O) groups is 2. The average molecular weight is 361 g/mol. The standard InChI is InChI=1S/C16H16ClF3N2O2/c17-15(24)10-7-14(23)22(9-10)13-8-11(16(18,19)20)3-4-12(13)21-5-1-2-6-21/h3-4,8,10H,1-2,5-7,9H2. The summed E-state index contributed by atoms with van der Waals surface area (Å²) in [6.45, 7) is 1.49. The van der Waals surface area contributed by atoms with Crippen LogP contribution in [0.5, 0.6) is 0 Å². The Hall–Kier alpha value is -1.76. The van der Waals surface area contributed by atoms with E-state index in [2.05, 4.69) is 0 Å². The quantitative estimate of drug-likeness (QED) is 0.775. The van der Waals surface area contributed by atoms with Crippen LogP contribution in [0.1, 0.15) is 24.8 Å². The molecule has 2 aliphatic rings. The first-order valence-corrected chi connectivity index (χ1v) is 8.11. The minimum Gasteiger partial charge on any atom is -0.370 e. The molecule has 1 aromatic rings. The number of alkyl halides is 3. The summed E-state index contributed by atoms with van der Waals surface area (Å²) in [5.41, 5.74) is -0.0115. The molecule has 2 heterocycles. The van der Waals surface area contributed by atoms with Gasteiger partial charge in [0.2, 0.25) is 11.1 Å². The number of nitrogens with zero attached hydrogens (tertiary/aromatic N) is 2. The topological polar surface area (TPSA) is 40.6 Å². The lowest BCUT2D eigenvalue weighted by molar-refractivity contribution is -0.137. The van der Waals surface area contributed by atoms with Crippen LogP contribution < -0.4 is 9.80 Å². The van der Waals surface area contributed by atoms with Crippen LogP contribution in [0.15, 0.2) is 18.2 Å². The Bertz CT molecular complexity index is 672. The Labute approximate surface area is 142 Å². The average Bonchev–Trinajstić information content (AvgIpc) is 3.15. The largest absolute Gasteiger partial charge is 0.416 e. The number of amides is 1. The van der Waals surface area contributed by atoms with E-state index < -0.39 is 22.9 Å². The zero-order valence-electron chi connectivity index (χ0n) is 12.8. The summed E-state index contributed by atoms with van der Waals surface area (Å²) in [6, 6.07) is 3.43. The van der Waals surface area contributed by atoms with E-state index >= 15 is 0 Å². The van der Waals surface area contributed by atoms with Gasteiger partial charge in [-0.3, -0.25) is 9.59 Å². The molecule has 0 aliphatic carbocycles. The van der Waals surface area contributed by atoms with Crippen LogP contribution in [-0.2, 0) is 15.8 Å². The van der Waals surface area contributed by atoms with Crippen molar-refractivity contribution < 1.29 is 22.8 Å². The summed E-state index contributed by atoms with van der Waals surface area (Å²) in [5.74, 6) is -1.06. The number of benzene rings is 1. The van der Waals surface area contributed by atoms with E-state index in [0.717, 1.165) is 38.1 Å². The van der Waals surface area contributed by atoms with Crippen LogP contribution in [0.25, 0.3) is 0 Å². The van der Waals surface area contributed by atoms with Crippen LogP contribution >= 0.6 is 11.6 Å². The van der Waals surface area contributed by atoms with Crippen LogP contribution in [0.2, 0.25) is 0 Å². The molecule has 2 saturated heterocycles. The van der Waals surface area contributed by atoms with Crippen molar-refractivity contribution in [2.45, 2.75) is 25.4 Å². The number of anilines is 2. The van der Waals surface area contributed by atoms with E-state index in [9.17, 15) is 22.8 Å². The van der Waals surface area contributed by atoms with Gasteiger partial charge in [0.25, 0.3) is 0 Å². The Balaban J connectivity index is 2.02. The Morgan fingerprint density at radius 3 is 2.38 bits per heavy atom. The highest BCUT2D eigenvalue weighted by molar-refractivity contribution is 6.64. The highest BCUT2D eigenvalue weighted by atomic mass is 35.5. The Morgan fingerprint density at radius 1 is 1.17 bits per heavy atom. The minimum absolute atomic E-state index is 0.0172. The van der Waals surface area contributed by atoms with Crippen molar-refractivity contribution >= 4 is 34.1 Å². The molecule has 0 aromatic heterocycles. The summed E-state index contributed by atoms with van der Waals surface area (Å²) >= 11 is 5.46. The number of hydrogen-bond donors (Lipinski definition) is 0. The van der Waals surface area contributed by atoms with Crippen molar-refractivity contribution in [1.82, 2.24) is 0 Å². The third kappa shape index (κ3) is 3.22. The molecule has 0 spiro atoms. The van der Waals surface area contributed by atoms with E-state index in [1.54, 1.807) is 0 Å². The summed E-state index contributed by atoms with van der Waals surface area (Å²) in [6.07, 6.45) is -2.66. The van der Waals surface area contributed by atoms with Crippen LogP contribution in [0.4, 0.5) is 24.5 Å². The van der Waals surface area contributed by atoms with Gasteiger partial charge in [-0.2, -0.15) is 13.2 Å². The third-order valence-corrected chi connectivity index (χ3v) is 4.79. The molecule has 1 aromatic carbocycles. The van der Waals surface area contributed by atoms with Gasteiger partial charge in [-0.05, 0) is 42.6 Å². The Kier molecular flexibility index (Phi) is 4.46. The van der Waals surface area contributed by atoms with E-state index in [1.807, 2.05) is 4.90 Å². The first-order chi connectivity index (χ1) is 11.3. The van der Waals surface area contributed by atoms with E-state index in [1.165, 1.54) is 11.0 Å². The second-order valence-electron chi connectivity index (χ2n) is 6.10. The molecule has 3 rings (SSSR count). The van der Waals surface area contributed by atoms with Gasteiger partial charge in [0, 0.05) is 26.1 Å². The summed E-state index contributed by atoms with van der Waals surface area (Å²) < 4.78 is 39.2. The van der Waals surface area contributed by atoms with Crippen LogP contribution in [-0.4, -0.2) is 30.8 Å². The number of halogens is 4. The van der Waals surface area contributed by atoms with Gasteiger partial charge in [-0.1, -0.05) is 0 Å². The first kappa shape index (κ1) is 17.1. The zero-order valence-corrected chi connectivity index (χ0v) is 13.5. The molecule has 130 valence electrons. The van der Waals surface area contributed by atoms with Crippen LogP contribution in [0, 0.1) is 5.92 Å². The van der Waals surface area contributed by atoms with Gasteiger partial charge in [-0.15, -0.1) is 0 Å². The van der Waals surface area contributed by atoms with Crippen molar-refractivity contribution in [3.8, 4) is 0 Å². The maximum Gasteiger partial charge on any atom is 0.416 e. The monoisotopic (exact) mass is 360 g/mol. The van der Waals surface area contributed by atoms with Crippen molar-refractivity contribution in [2.75, 3.05) is 29.4 Å². The summed E-state index contributed by atoms with van der Waals surface area (Å²) in [5, 5.41) is -0.638. The number of rotatable bonds is 3. The van der Waals surface area contributed by atoms with E-state index in [0.29, 0.717) is 5.69 Å². The van der Waals surface area contributed by atoms with E-state index in [-0.39, 0.29) is 24.6 Å². The molecule has 0 saturated carbocycles. The highest BCUT2D eigenvalue weighted by Crippen LogP contribution is 2.40. The molecule has 4 nitrogen and oxygen atoms in total. The number of hydrogen-bond acceptors (Lipinski definition) is 3. The van der Waals surface area contributed by atoms with Gasteiger partial charge >= 0.3 is 6.18 Å². The predicted octanol–water partition coefficient (Wildman–Crippen LogP) is 3.42. The highest BCUT2D eigenvalue weighted by Gasteiger charge is 2.38.